The van der Waals surface area contributed by atoms with Crippen LogP contribution in [-0.4, -0.2) is 5.78 Å². The van der Waals surface area contributed by atoms with E-state index in [1.807, 2.05) is 0 Å². The Hall–Kier alpha value is -1.68. The van der Waals surface area contributed by atoms with Gasteiger partial charge in [-0.1, -0.05) is 28.1 Å². The predicted octanol–water partition coefficient (Wildman–Crippen LogP) is 3.40. The van der Waals surface area contributed by atoms with Crippen molar-refractivity contribution < 1.29 is 9.18 Å². The van der Waals surface area contributed by atoms with Gasteiger partial charge in [-0.25, -0.2) is 4.39 Å². The molecule has 0 spiro atoms. The van der Waals surface area contributed by atoms with Crippen molar-refractivity contribution in [3.63, 3.8) is 0 Å². The molecule has 0 amide bonds. The smallest absolute Gasteiger partial charge is 0.194 e. The lowest BCUT2D eigenvalue weighted by molar-refractivity contribution is 0.103. The second-order valence-electron chi connectivity index (χ2n) is 3.58. The molecule has 2 aromatic carbocycles. The number of carbonyl (C=O) groups is 1. The van der Waals surface area contributed by atoms with E-state index in [-0.39, 0.29) is 5.78 Å². The molecular weight excluding hydrogens is 285 g/mol. The van der Waals surface area contributed by atoms with Gasteiger partial charge in [-0.05, 0) is 30.3 Å². The maximum Gasteiger partial charge on any atom is 0.194 e. The quantitative estimate of drug-likeness (QED) is 0.681. The molecule has 2 N–H and O–H groups in total. The number of halogens is 2. The Morgan fingerprint density at radius 2 is 1.94 bits per heavy atom. The van der Waals surface area contributed by atoms with Crippen LogP contribution < -0.4 is 5.73 Å². The van der Waals surface area contributed by atoms with Gasteiger partial charge in [0.05, 0.1) is 0 Å². The first-order valence-electron chi connectivity index (χ1n) is 4.93. The number of ketones is 1. The molecule has 4 heteroatoms. The summed E-state index contributed by atoms with van der Waals surface area (Å²) in [5.74, 6) is -0.695. The summed E-state index contributed by atoms with van der Waals surface area (Å²) in [6, 6.07) is 10.5. The maximum absolute atomic E-state index is 13.0. The minimum Gasteiger partial charge on any atom is -0.399 e. The second-order valence-corrected chi connectivity index (χ2v) is 4.43. The minimum atomic E-state index is -0.434. The Bertz CT molecular complexity index is 583. The molecule has 0 heterocycles. The van der Waals surface area contributed by atoms with Crippen molar-refractivity contribution in [1.82, 2.24) is 0 Å². The highest BCUT2D eigenvalue weighted by atomic mass is 79.9. The Morgan fingerprint density at radius 1 is 1.18 bits per heavy atom. The molecule has 0 aromatic heterocycles. The van der Waals surface area contributed by atoms with Crippen molar-refractivity contribution in [2.75, 3.05) is 5.73 Å². The van der Waals surface area contributed by atoms with E-state index in [1.54, 1.807) is 24.3 Å². The molecule has 86 valence electrons. The standard InChI is InChI=1S/C13H9BrFNO/c14-12-5-4-10(16)7-11(12)13(17)8-2-1-3-9(15)6-8/h1-7H,16H2. The summed E-state index contributed by atoms with van der Waals surface area (Å²) < 4.78 is 13.7. The lowest BCUT2D eigenvalue weighted by atomic mass is 10.0. The molecule has 0 saturated carbocycles. The molecule has 0 atom stereocenters. The third-order valence-electron chi connectivity index (χ3n) is 2.32. The highest BCUT2D eigenvalue weighted by Crippen LogP contribution is 2.22. The molecule has 17 heavy (non-hydrogen) atoms. The molecule has 0 aliphatic heterocycles. The summed E-state index contributed by atoms with van der Waals surface area (Å²) in [5.41, 5.74) is 6.85. The SMILES string of the molecule is Nc1ccc(Br)c(C(=O)c2cccc(F)c2)c1. The molecule has 2 nitrogen and oxygen atoms in total. The van der Waals surface area contributed by atoms with Crippen molar-refractivity contribution in [2.24, 2.45) is 0 Å². The fourth-order valence-corrected chi connectivity index (χ4v) is 1.93. The van der Waals surface area contributed by atoms with Gasteiger partial charge in [0.25, 0.3) is 0 Å². The number of anilines is 1. The van der Waals surface area contributed by atoms with E-state index in [0.717, 1.165) is 0 Å². The molecule has 2 aromatic rings. The fraction of sp³-hybridized carbons (Fsp3) is 0. The Balaban J connectivity index is 2.47. The molecule has 0 fully saturated rings. The third-order valence-corrected chi connectivity index (χ3v) is 3.01. The van der Waals surface area contributed by atoms with Gasteiger partial charge >= 0.3 is 0 Å². The van der Waals surface area contributed by atoms with Crippen molar-refractivity contribution in [3.8, 4) is 0 Å². The summed E-state index contributed by atoms with van der Waals surface area (Å²) in [6.07, 6.45) is 0. The second kappa shape index (κ2) is 4.67. The summed E-state index contributed by atoms with van der Waals surface area (Å²) in [5, 5.41) is 0. The minimum absolute atomic E-state index is 0.260. The zero-order chi connectivity index (χ0) is 12.4. The number of benzene rings is 2. The van der Waals surface area contributed by atoms with Gasteiger partial charge in [-0.15, -0.1) is 0 Å². The highest BCUT2D eigenvalue weighted by molar-refractivity contribution is 9.10. The molecule has 0 aliphatic carbocycles. The largest absolute Gasteiger partial charge is 0.399 e. The molecular formula is C13H9BrFNO. The average molecular weight is 294 g/mol. The monoisotopic (exact) mass is 293 g/mol. The van der Waals surface area contributed by atoms with E-state index in [1.165, 1.54) is 18.2 Å². The van der Waals surface area contributed by atoms with Crippen LogP contribution in [0.1, 0.15) is 15.9 Å². The van der Waals surface area contributed by atoms with Gasteiger partial charge in [0.15, 0.2) is 5.78 Å². The van der Waals surface area contributed by atoms with E-state index in [2.05, 4.69) is 15.9 Å². The highest BCUT2D eigenvalue weighted by Gasteiger charge is 2.13. The number of hydrogen-bond acceptors (Lipinski definition) is 2. The Morgan fingerprint density at radius 3 is 2.65 bits per heavy atom. The lowest BCUT2D eigenvalue weighted by Gasteiger charge is -2.05. The van der Waals surface area contributed by atoms with Crippen LogP contribution in [0, 0.1) is 5.82 Å². The number of nitrogens with two attached hydrogens (primary N) is 1. The summed E-state index contributed by atoms with van der Waals surface area (Å²) >= 11 is 3.28. The van der Waals surface area contributed by atoms with Gasteiger partial charge in [0.2, 0.25) is 0 Å². The molecule has 0 unspecified atom stereocenters. The van der Waals surface area contributed by atoms with Crippen molar-refractivity contribution in [1.29, 1.82) is 0 Å². The van der Waals surface area contributed by atoms with Gasteiger partial charge in [0.1, 0.15) is 5.82 Å². The van der Waals surface area contributed by atoms with Gasteiger partial charge in [0, 0.05) is 21.3 Å². The Labute approximate surface area is 106 Å². The van der Waals surface area contributed by atoms with Crippen LogP contribution in [0.25, 0.3) is 0 Å². The first-order valence-corrected chi connectivity index (χ1v) is 5.72. The first-order chi connectivity index (χ1) is 8.08. The van der Waals surface area contributed by atoms with Gasteiger partial charge < -0.3 is 5.73 Å². The fourth-order valence-electron chi connectivity index (χ4n) is 1.50. The summed E-state index contributed by atoms with van der Waals surface area (Å²) in [7, 11) is 0. The van der Waals surface area contributed by atoms with E-state index < -0.39 is 5.82 Å². The van der Waals surface area contributed by atoms with Crippen LogP contribution in [0.15, 0.2) is 46.9 Å². The van der Waals surface area contributed by atoms with E-state index in [4.69, 9.17) is 5.73 Å². The van der Waals surface area contributed by atoms with E-state index in [9.17, 15) is 9.18 Å². The van der Waals surface area contributed by atoms with Crippen LogP contribution >= 0.6 is 15.9 Å². The zero-order valence-corrected chi connectivity index (χ0v) is 10.4. The van der Waals surface area contributed by atoms with E-state index in [0.29, 0.717) is 21.3 Å². The van der Waals surface area contributed by atoms with Crippen LogP contribution in [0.2, 0.25) is 0 Å². The van der Waals surface area contributed by atoms with Crippen LogP contribution in [0.4, 0.5) is 10.1 Å². The summed E-state index contributed by atoms with van der Waals surface area (Å²) in [4.78, 5) is 12.1. The summed E-state index contributed by atoms with van der Waals surface area (Å²) in [6.45, 7) is 0. The number of hydrogen-bond donors (Lipinski definition) is 1. The normalized spacial score (nSPS) is 10.2. The molecule has 0 bridgehead atoms. The Kier molecular flexibility index (Phi) is 3.24. The van der Waals surface area contributed by atoms with Gasteiger partial charge in [-0.2, -0.15) is 0 Å². The van der Waals surface area contributed by atoms with Crippen LogP contribution in [0.3, 0.4) is 0 Å². The molecule has 0 saturated heterocycles. The lowest BCUT2D eigenvalue weighted by Crippen LogP contribution is -2.03. The van der Waals surface area contributed by atoms with Crippen molar-refractivity contribution in [2.45, 2.75) is 0 Å². The molecule has 2 rings (SSSR count). The predicted molar refractivity (Wildman–Crippen MR) is 68.4 cm³/mol. The zero-order valence-electron chi connectivity index (χ0n) is 8.78. The molecule has 0 aliphatic rings. The van der Waals surface area contributed by atoms with Crippen LogP contribution in [0.5, 0.6) is 0 Å². The molecule has 0 radical (unpaired) electrons. The topological polar surface area (TPSA) is 43.1 Å². The first kappa shape index (κ1) is 11.8. The van der Waals surface area contributed by atoms with E-state index >= 15 is 0 Å². The van der Waals surface area contributed by atoms with Crippen molar-refractivity contribution >= 4 is 27.4 Å². The maximum atomic E-state index is 13.0. The number of carbonyl (C=O) groups excluding carboxylic acids is 1. The number of rotatable bonds is 2. The third kappa shape index (κ3) is 2.53. The average Bonchev–Trinajstić information content (AvgIpc) is 2.31. The number of nitrogen functional groups attached to an aromatic ring is 1. The van der Waals surface area contributed by atoms with Crippen LogP contribution in [-0.2, 0) is 0 Å². The van der Waals surface area contributed by atoms with Gasteiger partial charge in [-0.3, -0.25) is 4.79 Å². The van der Waals surface area contributed by atoms with Crippen molar-refractivity contribution in [3.05, 3.63) is 63.9 Å².